The zero-order chi connectivity index (χ0) is 13.1. The third-order valence-corrected chi connectivity index (χ3v) is 3.28. The second-order valence-electron chi connectivity index (χ2n) is 5.49. The summed E-state index contributed by atoms with van der Waals surface area (Å²) in [5, 5.41) is 18.3. The van der Waals surface area contributed by atoms with Crippen molar-refractivity contribution in [2.45, 2.75) is 46.6 Å². The Bertz CT molecular complexity index is 419. The van der Waals surface area contributed by atoms with Gasteiger partial charge in [-0.3, -0.25) is 0 Å². The van der Waals surface area contributed by atoms with Gasteiger partial charge in [-0.05, 0) is 43.3 Å². The summed E-state index contributed by atoms with van der Waals surface area (Å²) in [6, 6.07) is 2.02. The van der Waals surface area contributed by atoms with Crippen LogP contribution in [0.2, 0.25) is 0 Å². The topological polar surface area (TPSA) is 44.0 Å². The molecule has 0 spiro atoms. The van der Waals surface area contributed by atoms with Crippen LogP contribution in [-0.4, -0.2) is 11.2 Å². The monoisotopic (exact) mass is 231 g/mol. The zero-order valence-corrected chi connectivity index (χ0v) is 11.1. The van der Waals surface area contributed by atoms with Crippen LogP contribution in [0, 0.1) is 16.7 Å². The molecule has 0 aromatic heterocycles. The molecule has 1 aliphatic rings. The number of hydrogen-bond donors (Lipinski definition) is 1. The maximum Gasteiger partial charge on any atom is 0.0914 e. The van der Waals surface area contributed by atoms with E-state index in [-0.39, 0.29) is 11.5 Å². The van der Waals surface area contributed by atoms with E-state index in [0.29, 0.717) is 0 Å². The lowest BCUT2D eigenvalue weighted by Crippen LogP contribution is -2.28. The number of allylic oxidation sites excluding steroid dienone is 5. The molecule has 0 aliphatic heterocycles. The first-order valence-corrected chi connectivity index (χ1v) is 5.99. The Hall–Kier alpha value is -1.33. The smallest absolute Gasteiger partial charge is 0.0914 e. The lowest BCUT2D eigenvalue weighted by atomic mass is 9.71. The average molecular weight is 231 g/mol. The van der Waals surface area contributed by atoms with Crippen molar-refractivity contribution in [2.75, 3.05) is 0 Å². The Labute approximate surface area is 104 Å². The van der Waals surface area contributed by atoms with Crippen molar-refractivity contribution in [2.24, 2.45) is 5.41 Å². The molecule has 0 heterocycles. The molecule has 0 saturated carbocycles. The highest BCUT2D eigenvalue weighted by Crippen LogP contribution is 2.40. The van der Waals surface area contributed by atoms with E-state index in [1.54, 1.807) is 0 Å². The van der Waals surface area contributed by atoms with Crippen LogP contribution in [0.3, 0.4) is 0 Å². The maximum atomic E-state index is 9.78. The number of nitrogens with zero attached hydrogens (tertiary/aromatic N) is 1. The fourth-order valence-corrected chi connectivity index (χ4v) is 2.54. The molecule has 0 aromatic carbocycles. The lowest BCUT2D eigenvalue weighted by molar-refractivity contribution is 0.116. The summed E-state index contributed by atoms with van der Waals surface area (Å²) in [6.07, 6.45) is 6.93. The van der Waals surface area contributed by atoms with Crippen LogP contribution in [0.4, 0.5) is 0 Å². The molecule has 0 bridgehead atoms. The van der Waals surface area contributed by atoms with Crippen LogP contribution >= 0.6 is 0 Å². The van der Waals surface area contributed by atoms with Crippen molar-refractivity contribution in [3.8, 4) is 6.07 Å². The van der Waals surface area contributed by atoms with Crippen LogP contribution in [-0.2, 0) is 0 Å². The first kappa shape index (κ1) is 13.7. The van der Waals surface area contributed by atoms with E-state index < -0.39 is 0 Å². The summed E-state index contributed by atoms with van der Waals surface area (Å²) in [7, 11) is 0. The molecule has 2 heteroatoms. The van der Waals surface area contributed by atoms with E-state index in [4.69, 9.17) is 5.26 Å². The molecule has 0 fully saturated rings. The van der Waals surface area contributed by atoms with Crippen molar-refractivity contribution in [3.05, 3.63) is 34.9 Å². The predicted molar refractivity (Wildman–Crippen MR) is 70.2 cm³/mol. The summed E-state index contributed by atoms with van der Waals surface area (Å²) in [4.78, 5) is 0. The second kappa shape index (κ2) is 5.33. The summed E-state index contributed by atoms with van der Waals surface area (Å²) in [6.45, 7) is 8.30. The quantitative estimate of drug-likeness (QED) is 0.584. The molecule has 17 heavy (non-hydrogen) atoms. The van der Waals surface area contributed by atoms with Gasteiger partial charge in [0, 0.05) is 6.08 Å². The minimum absolute atomic E-state index is 0.00513. The van der Waals surface area contributed by atoms with Gasteiger partial charge in [-0.15, -0.1) is 0 Å². The van der Waals surface area contributed by atoms with Crippen molar-refractivity contribution >= 4 is 0 Å². The van der Waals surface area contributed by atoms with Crippen molar-refractivity contribution in [3.63, 3.8) is 0 Å². The summed E-state index contributed by atoms with van der Waals surface area (Å²) < 4.78 is 0. The van der Waals surface area contributed by atoms with Gasteiger partial charge in [0.25, 0.3) is 0 Å². The van der Waals surface area contributed by atoms with Gasteiger partial charge >= 0.3 is 0 Å². The van der Waals surface area contributed by atoms with Gasteiger partial charge in [-0.1, -0.05) is 31.6 Å². The van der Waals surface area contributed by atoms with E-state index in [1.807, 2.05) is 19.1 Å². The van der Waals surface area contributed by atoms with Crippen molar-refractivity contribution < 1.29 is 5.11 Å². The molecular formula is C15H21NO. The Kier molecular flexibility index (Phi) is 4.31. The second-order valence-corrected chi connectivity index (χ2v) is 5.49. The molecular weight excluding hydrogens is 210 g/mol. The largest absolute Gasteiger partial charge is 0.393 e. The average Bonchev–Trinajstić information content (AvgIpc) is 2.14. The SMILES string of the molecule is CC1=C(/C=C/C(C)=C/C#N)C(C)(C)CC(O)C1. The normalized spacial score (nSPS) is 25.2. The third kappa shape index (κ3) is 3.57. The van der Waals surface area contributed by atoms with Gasteiger partial charge in [0.2, 0.25) is 0 Å². The summed E-state index contributed by atoms with van der Waals surface area (Å²) >= 11 is 0. The van der Waals surface area contributed by atoms with Crippen LogP contribution in [0.1, 0.15) is 40.5 Å². The number of nitriles is 1. The van der Waals surface area contributed by atoms with Crippen LogP contribution in [0.15, 0.2) is 34.9 Å². The molecule has 0 saturated heterocycles. The van der Waals surface area contributed by atoms with E-state index in [2.05, 4.69) is 26.8 Å². The molecule has 1 aliphatic carbocycles. The van der Waals surface area contributed by atoms with Crippen LogP contribution in [0.25, 0.3) is 0 Å². The highest BCUT2D eigenvalue weighted by atomic mass is 16.3. The third-order valence-electron chi connectivity index (χ3n) is 3.28. The molecule has 1 unspecified atom stereocenters. The Morgan fingerprint density at radius 1 is 1.53 bits per heavy atom. The van der Waals surface area contributed by atoms with Gasteiger partial charge in [0.15, 0.2) is 0 Å². The van der Waals surface area contributed by atoms with Gasteiger partial charge in [0.1, 0.15) is 0 Å². The van der Waals surface area contributed by atoms with Gasteiger partial charge in [-0.25, -0.2) is 0 Å². The first-order valence-electron chi connectivity index (χ1n) is 5.99. The Morgan fingerprint density at radius 3 is 2.71 bits per heavy atom. The first-order chi connectivity index (χ1) is 7.86. The minimum Gasteiger partial charge on any atom is -0.393 e. The minimum atomic E-state index is -0.224. The molecule has 0 amide bonds. The van der Waals surface area contributed by atoms with Crippen molar-refractivity contribution in [1.29, 1.82) is 5.26 Å². The number of aliphatic hydroxyl groups excluding tert-OH is 1. The molecule has 1 N–H and O–H groups in total. The van der Waals surface area contributed by atoms with E-state index >= 15 is 0 Å². The molecule has 92 valence electrons. The van der Waals surface area contributed by atoms with E-state index in [1.165, 1.54) is 17.2 Å². The highest BCUT2D eigenvalue weighted by molar-refractivity contribution is 5.37. The molecule has 0 aromatic rings. The Morgan fingerprint density at radius 2 is 2.18 bits per heavy atom. The fraction of sp³-hybridized carbons (Fsp3) is 0.533. The number of aliphatic hydroxyl groups is 1. The van der Waals surface area contributed by atoms with E-state index in [9.17, 15) is 5.11 Å². The zero-order valence-electron chi connectivity index (χ0n) is 11.1. The van der Waals surface area contributed by atoms with Crippen LogP contribution in [0.5, 0.6) is 0 Å². The standard InChI is InChI=1S/C15H21NO/c1-11(7-8-16)5-6-14-12(2)9-13(17)10-15(14,3)4/h5-7,13,17H,9-10H2,1-4H3/b6-5+,11-7+. The van der Waals surface area contributed by atoms with Gasteiger partial charge < -0.3 is 5.11 Å². The summed E-state index contributed by atoms with van der Waals surface area (Å²) in [5.74, 6) is 0. The number of rotatable bonds is 2. The molecule has 0 radical (unpaired) electrons. The molecule has 1 atom stereocenters. The predicted octanol–water partition coefficient (Wildman–Crippen LogP) is 3.51. The van der Waals surface area contributed by atoms with E-state index in [0.717, 1.165) is 18.4 Å². The van der Waals surface area contributed by atoms with Crippen LogP contribution < -0.4 is 0 Å². The van der Waals surface area contributed by atoms with Crippen molar-refractivity contribution in [1.82, 2.24) is 0 Å². The summed E-state index contributed by atoms with van der Waals surface area (Å²) in [5.41, 5.74) is 3.49. The fourth-order valence-electron chi connectivity index (χ4n) is 2.54. The maximum absolute atomic E-state index is 9.78. The number of hydrogen-bond acceptors (Lipinski definition) is 2. The highest BCUT2D eigenvalue weighted by Gasteiger charge is 2.31. The molecule has 1 rings (SSSR count). The molecule has 2 nitrogen and oxygen atoms in total. The van der Waals surface area contributed by atoms with Gasteiger partial charge in [-0.2, -0.15) is 5.26 Å². The van der Waals surface area contributed by atoms with Gasteiger partial charge in [0.05, 0.1) is 12.2 Å². The Balaban J connectivity index is 3.00. The lowest BCUT2D eigenvalue weighted by Gasteiger charge is -2.35.